The predicted molar refractivity (Wildman–Crippen MR) is 70.8 cm³/mol. The molecule has 7 heteroatoms. The first kappa shape index (κ1) is 16.5. The molecule has 0 fully saturated rings. The van der Waals surface area contributed by atoms with Crippen molar-refractivity contribution in [3.05, 3.63) is 11.8 Å². The van der Waals surface area contributed by atoms with E-state index in [1.807, 2.05) is 13.8 Å². The number of anilines is 1. The van der Waals surface area contributed by atoms with Gasteiger partial charge in [-0.15, -0.1) is 0 Å². The molecule has 0 spiro atoms. The topological polar surface area (TPSA) is 47.0 Å². The maximum absolute atomic E-state index is 12.7. The van der Waals surface area contributed by atoms with Crippen molar-refractivity contribution < 1.29 is 17.9 Å². The van der Waals surface area contributed by atoms with Gasteiger partial charge in [-0.2, -0.15) is 18.2 Å². The van der Waals surface area contributed by atoms with Gasteiger partial charge in [0.15, 0.2) is 5.69 Å². The van der Waals surface area contributed by atoms with Crippen LogP contribution in [0.4, 0.5) is 19.1 Å². The number of ether oxygens (including phenoxy) is 1. The summed E-state index contributed by atoms with van der Waals surface area (Å²) in [5.74, 6) is 0.151. The van der Waals surface area contributed by atoms with Gasteiger partial charge in [-0.25, -0.2) is 4.98 Å². The van der Waals surface area contributed by atoms with E-state index in [0.717, 1.165) is 18.9 Å². The molecule has 0 aromatic carbocycles. The van der Waals surface area contributed by atoms with Crippen LogP contribution in [0.3, 0.4) is 0 Å². The average Bonchev–Trinajstić information content (AvgIpc) is 2.36. The number of alkyl halides is 3. The Balaban J connectivity index is 2.86. The number of nitrogens with zero attached hydrogens (tertiary/aromatic N) is 2. The smallest absolute Gasteiger partial charge is 0.433 e. The number of halogens is 3. The quantitative estimate of drug-likeness (QED) is 0.831. The van der Waals surface area contributed by atoms with E-state index in [0.29, 0.717) is 13.2 Å². The standard InChI is InChI=1S/C13H20F3N3O/c1-4-6-9(3)8-20-11-7-10(13(14,15)16)18-12(19-11)17-5-2/h7,9H,4-6,8H2,1-3H3,(H,17,18,19). The van der Waals surface area contributed by atoms with Crippen LogP contribution in [0.15, 0.2) is 6.07 Å². The second-order valence-corrected chi connectivity index (χ2v) is 4.65. The Morgan fingerprint density at radius 3 is 2.55 bits per heavy atom. The van der Waals surface area contributed by atoms with Crippen LogP contribution in [0.1, 0.15) is 39.3 Å². The third-order valence-corrected chi connectivity index (χ3v) is 2.63. The molecule has 0 bridgehead atoms. The van der Waals surface area contributed by atoms with Gasteiger partial charge in [-0.05, 0) is 19.3 Å². The van der Waals surface area contributed by atoms with Crippen LogP contribution in [0.5, 0.6) is 5.88 Å². The fraction of sp³-hybridized carbons (Fsp3) is 0.692. The number of aromatic nitrogens is 2. The van der Waals surface area contributed by atoms with Crippen LogP contribution in [0, 0.1) is 5.92 Å². The van der Waals surface area contributed by atoms with E-state index in [2.05, 4.69) is 15.3 Å². The molecule has 4 nitrogen and oxygen atoms in total. The molecule has 0 aliphatic carbocycles. The van der Waals surface area contributed by atoms with Crippen molar-refractivity contribution in [1.82, 2.24) is 9.97 Å². The lowest BCUT2D eigenvalue weighted by molar-refractivity contribution is -0.141. The molecule has 0 aliphatic rings. The van der Waals surface area contributed by atoms with Crippen molar-refractivity contribution in [3.63, 3.8) is 0 Å². The second-order valence-electron chi connectivity index (χ2n) is 4.65. The van der Waals surface area contributed by atoms with Gasteiger partial charge in [-0.1, -0.05) is 20.3 Å². The van der Waals surface area contributed by atoms with E-state index in [4.69, 9.17) is 4.74 Å². The van der Waals surface area contributed by atoms with Gasteiger partial charge in [0.25, 0.3) is 0 Å². The highest BCUT2D eigenvalue weighted by Crippen LogP contribution is 2.30. The second kappa shape index (κ2) is 7.31. The van der Waals surface area contributed by atoms with Crippen LogP contribution in [-0.2, 0) is 6.18 Å². The largest absolute Gasteiger partial charge is 0.477 e. The van der Waals surface area contributed by atoms with Crippen LogP contribution < -0.4 is 10.1 Å². The van der Waals surface area contributed by atoms with Crippen molar-refractivity contribution in [2.24, 2.45) is 5.92 Å². The molecule has 1 heterocycles. The number of hydrogen-bond acceptors (Lipinski definition) is 4. The number of rotatable bonds is 7. The molecule has 0 saturated heterocycles. The van der Waals surface area contributed by atoms with Crippen molar-refractivity contribution in [2.75, 3.05) is 18.5 Å². The molecule has 0 amide bonds. The molecule has 1 unspecified atom stereocenters. The molecule has 1 aromatic heterocycles. The Morgan fingerprint density at radius 2 is 2.00 bits per heavy atom. The maximum atomic E-state index is 12.7. The van der Waals surface area contributed by atoms with E-state index in [-0.39, 0.29) is 17.7 Å². The van der Waals surface area contributed by atoms with E-state index >= 15 is 0 Å². The third kappa shape index (κ3) is 5.22. The third-order valence-electron chi connectivity index (χ3n) is 2.63. The minimum atomic E-state index is -4.51. The minimum Gasteiger partial charge on any atom is -0.477 e. The van der Waals surface area contributed by atoms with E-state index in [1.165, 1.54) is 0 Å². The van der Waals surface area contributed by atoms with E-state index in [1.54, 1.807) is 6.92 Å². The van der Waals surface area contributed by atoms with Gasteiger partial charge in [0.2, 0.25) is 11.8 Å². The van der Waals surface area contributed by atoms with Crippen molar-refractivity contribution >= 4 is 5.95 Å². The summed E-state index contributed by atoms with van der Waals surface area (Å²) in [7, 11) is 0. The molecule has 1 aromatic rings. The molecule has 20 heavy (non-hydrogen) atoms. The minimum absolute atomic E-state index is 0.0498. The molecule has 114 valence electrons. The first-order valence-electron chi connectivity index (χ1n) is 6.69. The van der Waals surface area contributed by atoms with Crippen molar-refractivity contribution in [3.8, 4) is 5.88 Å². The van der Waals surface area contributed by atoms with E-state index < -0.39 is 11.9 Å². The Labute approximate surface area is 116 Å². The molecule has 1 N–H and O–H groups in total. The summed E-state index contributed by atoms with van der Waals surface area (Å²) >= 11 is 0. The first-order valence-corrected chi connectivity index (χ1v) is 6.69. The van der Waals surface area contributed by atoms with Crippen LogP contribution in [0.25, 0.3) is 0 Å². The fourth-order valence-corrected chi connectivity index (χ4v) is 1.69. The first-order chi connectivity index (χ1) is 9.36. The zero-order valence-corrected chi connectivity index (χ0v) is 11.9. The summed E-state index contributed by atoms with van der Waals surface area (Å²) < 4.78 is 43.6. The lowest BCUT2D eigenvalue weighted by atomic mass is 10.1. The fourth-order valence-electron chi connectivity index (χ4n) is 1.69. The lowest BCUT2D eigenvalue weighted by Crippen LogP contribution is -2.15. The highest BCUT2D eigenvalue weighted by Gasteiger charge is 2.34. The summed E-state index contributed by atoms with van der Waals surface area (Å²) in [4.78, 5) is 7.35. The monoisotopic (exact) mass is 291 g/mol. The van der Waals surface area contributed by atoms with Crippen LogP contribution >= 0.6 is 0 Å². The highest BCUT2D eigenvalue weighted by atomic mass is 19.4. The van der Waals surface area contributed by atoms with E-state index in [9.17, 15) is 13.2 Å². The highest BCUT2D eigenvalue weighted by molar-refractivity contribution is 5.31. The van der Waals surface area contributed by atoms with Gasteiger partial charge in [-0.3, -0.25) is 0 Å². The van der Waals surface area contributed by atoms with Crippen LogP contribution in [-0.4, -0.2) is 23.1 Å². The summed E-state index contributed by atoms with van der Waals surface area (Å²) in [5, 5.41) is 2.67. The Hall–Kier alpha value is -1.53. The zero-order valence-electron chi connectivity index (χ0n) is 11.9. The summed E-state index contributed by atoms with van der Waals surface area (Å²) in [5.41, 5.74) is -0.999. The average molecular weight is 291 g/mol. The molecular formula is C13H20F3N3O. The Morgan fingerprint density at radius 1 is 1.30 bits per heavy atom. The molecular weight excluding hydrogens is 271 g/mol. The van der Waals surface area contributed by atoms with Gasteiger partial charge in [0, 0.05) is 12.6 Å². The van der Waals surface area contributed by atoms with Crippen molar-refractivity contribution in [2.45, 2.75) is 39.8 Å². The van der Waals surface area contributed by atoms with Gasteiger partial charge < -0.3 is 10.1 Å². The van der Waals surface area contributed by atoms with Crippen LogP contribution in [0.2, 0.25) is 0 Å². The SMILES string of the molecule is CCCC(C)COc1cc(C(F)(F)F)nc(NCC)n1. The zero-order chi connectivity index (χ0) is 15.2. The molecule has 0 radical (unpaired) electrons. The molecule has 1 rings (SSSR count). The normalized spacial score (nSPS) is 13.1. The van der Waals surface area contributed by atoms with Gasteiger partial charge in [0.1, 0.15) is 0 Å². The van der Waals surface area contributed by atoms with Crippen molar-refractivity contribution in [1.29, 1.82) is 0 Å². The Kier molecular flexibility index (Phi) is 6.04. The Bertz CT molecular complexity index is 424. The summed E-state index contributed by atoms with van der Waals surface area (Å²) in [6, 6.07) is 0.833. The maximum Gasteiger partial charge on any atom is 0.433 e. The summed E-state index contributed by atoms with van der Waals surface area (Å²) in [6.07, 6.45) is -2.55. The summed E-state index contributed by atoms with van der Waals surface area (Å²) in [6.45, 7) is 6.57. The molecule has 0 aliphatic heterocycles. The van der Waals surface area contributed by atoms with Gasteiger partial charge >= 0.3 is 6.18 Å². The number of nitrogens with one attached hydrogen (secondary N) is 1. The van der Waals surface area contributed by atoms with Gasteiger partial charge in [0.05, 0.1) is 6.61 Å². The predicted octanol–water partition coefficient (Wildman–Crippen LogP) is 3.74. The molecule has 0 saturated carbocycles. The lowest BCUT2D eigenvalue weighted by Gasteiger charge is -2.14. The number of hydrogen-bond donors (Lipinski definition) is 1. The molecule has 1 atom stereocenters.